The number of rotatable bonds is 9. The predicted molar refractivity (Wildman–Crippen MR) is 113 cm³/mol. The Morgan fingerprint density at radius 2 is 1.68 bits per heavy atom. The van der Waals surface area contributed by atoms with Crippen molar-refractivity contribution >= 4 is 11.9 Å². The van der Waals surface area contributed by atoms with Crippen molar-refractivity contribution in [3.63, 3.8) is 0 Å². The van der Waals surface area contributed by atoms with Crippen LogP contribution in [0.25, 0.3) is 6.08 Å². The van der Waals surface area contributed by atoms with Gasteiger partial charge in [-0.05, 0) is 80.3 Å². The van der Waals surface area contributed by atoms with Crippen LogP contribution in [0.2, 0.25) is 0 Å². The highest BCUT2D eigenvalue weighted by Gasteiger charge is 2.18. The number of ketones is 1. The third kappa shape index (κ3) is 5.13. The first-order valence-electron chi connectivity index (χ1n) is 9.15. The summed E-state index contributed by atoms with van der Waals surface area (Å²) in [7, 11) is 0. The zero-order valence-corrected chi connectivity index (χ0v) is 16.3. The molecule has 0 unspecified atom stereocenters. The van der Waals surface area contributed by atoms with Gasteiger partial charge in [0, 0.05) is 5.56 Å². The average Bonchev–Trinajstić information content (AvgIpc) is 2.65. The van der Waals surface area contributed by atoms with Crippen LogP contribution >= 0.6 is 0 Å². The van der Waals surface area contributed by atoms with Crippen LogP contribution in [0.3, 0.4) is 0 Å². The highest BCUT2D eigenvalue weighted by atomic mass is 16.5. The van der Waals surface area contributed by atoms with Gasteiger partial charge in [-0.15, -0.1) is 13.2 Å². The second-order valence-corrected chi connectivity index (χ2v) is 6.68. The summed E-state index contributed by atoms with van der Waals surface area (Å²) < 4.78 is 5.97. The van der Waals surface area contributed by atoms with Crippen LogP contribution in [-0.4, -0.2) is 22.1 Å². The Morgan fingerprint density at radius 3 is 2.25 bits per heavy atom. The second kappa shape index (κ2) is 9.60. The zero-order chi connectivity index (χ0) is 20.7. The normalized spacial score (nSPS) is 11.0. The van der Waals surface area contributed by atoms with Gasteiger partial charge in [0.25, 0.3) is 0 Å². The Balaban J connectivity index is 2.54. The van der Waals surface area contributed by atoms with E-state index in [1.165, 1.54) is 18.2 Å². The first kappa shape index (κ1) is 21.0. The number of ether oxygens (including phenoxy) is 1. The Hall–Kier alpha value is -3.27. The van der Waals surface area contributed by atoms with Gasteiger partial charge in [-0.3, -0.25) is 4.79 Å². The molecule has 4 heteroatoms. The molecule has 0 atom stereocenters. The molecule has 0 fully saturated rings. The van der Waals surface area contributed by atoms with Crippen molar-refractivity contribution < 1.29 is 19.7 Å². The van der Waals surface area contributed by atoms with Gasteiger partial charge in [-0.2, -0.15) is 0 Å². The number of aromatic hydroxyl groups is 2. The van der Waals surface area contributed by atoms with Crippen LogP contribution in [0.15, 0.2) is 61.7 Å². The third-order valence-corrected chi connectivity index (χ3v) is 4.08. The summed E-state index contributed by atoms with van der Waals surface area (Å²) in [5, 5.41) is 20.1. The summed E-state index contributed by atoms with van der Waals surface area (Å²) in [6.45, 7) is 11.3. The number of hydrogen-bond acceptors (Lipinski definition) is 4. The average molecular weight is 378 g/mol. The zero-order valence-electron chi connectivity index (χ0n) is 16.3. The van der Waals surface area contributed by atoms with Crippen molar-refractivity contribution in [1.82, 2.24) is 0 Å². The van der Waals surface area contributed by atoms with E-state index < -0.39 is 0 Å². The molecule has 146 valence electrons. The van der Waals surface area contributed by atoms with Gasteiger partial charge < -0.3 is 14.9 Å². The summed E-state index contributed by atoms with van der Waals surface area (Å²) in [6, 6.07) is 7.89. The molecule has 0 spiro atoms. The predicted octanol–water partition coefficient (Wildman–Crippen LogP) is 5.24. The van der Waals surface area contributed by atoms with Crippen LogP contribution in [0.1, 0.15) is 40.9 Å². The molecule has 0 aromatic heterocycles. The van der Waals surface area contributed by atoms with Crippen LogP contribution in [-0.2, 0) is 12.8 Å². The standard InChI is InChI=1S/C24H26O4/c1-5-7-18-15-19(8-6-2)24(28-16(3)4)21(23(18)27)13-14-22(26)17-9-11-20(25)12-10-17/h5-6,9-16,25,27H,1-2,7-8H2,3-4H3/b14-13+. The lowest BCUT2D eigenvalue weighted by Gasteiger charge is -2.19. The lowest BCUT2D eigenvalue weighted by atomic mass is 9.97. The van der Waals surface area contributed by atoms with Crippen molar-refractivity contribution in [3.8, 4) is 17.2 Å². The molecule has 0 aliphatic carbocycles. The van der Waals surface area contributed by atoms with Gasteiger partial charge in [-0.25, -0.2) is 0 Å². The molecule has 2 rings (SSSR count). The van der Waals surface area contributed by atoms with Gasteiger partial charge in [0.05, 0.1) is 11.7 Å². The van der Waals surface area contributed by atoms with E-state index in [4.69, 9.17) is 4.74 Å². The van der Waals surface area contributed by atoms with Crippen LogP contribution < -0.4 is 4.74 Å². The van der Waals surface area contributed by atoms with E-state index >= 15 is 0 Å². The van der Waals surface area contributed by atoms with E-state index in [9.17, 15) is 15.0 Å². The molecule has 0 aliphatic heterocycles. The number of carbonyl (C=O) groups excluding carboxylic acids is 1. The summed E-state index contributed by atoms with van der Waals surface area (Å²) >= 11 is 0. The van der Waals surface area contributed by atoms with Crippen molar-refractivity contribution in [2.75, 3.05) is 0 Å². The van der Waals surface area contributed by atoms with Crippen LogP contribution in [0.4, 0.5) is 0 Å². The number of phenolic OH excluding ortho intramolecular Hbond substituents is 2. The molecule has 0 amide bonds. The van der Waals surface area contributed by atoms with Gasteiger partial charge in [-0.1, -0.05) is 12.2 Å². The molecule has 2 aromatic carbocycles. The minimum Gasteiger partial charge on any atom is -0.508 e. The fourth-order valence-corrected chi connectivity index (χ4v) is 2.83. The van der Waals surface area contributed by atoms with Crippen molar-refractivity contribution in [2.24, 2.45) is 0 Å². The molecular weight excluding hydrogens is 352 g/mol. The third-order valence-electron chi connectivity index (χ3n) is 4.08. The Labute approximate surface area is 166 Å². The number of phenols is 2. The smallest absolute Gasteiger partial charge is 0.185 e. The molecule has 0 saturated heterocycles. The maximum absolute atomic E-state index is 12.5. The maximum Gasteiger partial charge on any atom is 0.185 e. The molecule has 0 saturated carbocycles. The Morgan fingerprint density at radius 1 is 1.07 bits per heavy atom. The molecule has 0 radical (unpaired) electrons. The minimum absolute atomic E-state index is 0.0677. The summed E-state index contributed by atoms with van der Waals surface area (Å²) in [4.78, 5) is 12.5. The molecule has 0 bridgehead atoms. The maximum atomic E-state index is 12.5. The lowest BCUT2D eigenvalue weighted by molar-refractivity contribution is 0.104. The van der Waals surface area contributed by atoms with Crippen LogP contribution in [0.5, 0.6) is 17.2 Å². The van der Waals surface area contributed by atoms with E-state index in [0.717, 1.165) is 5.56 Å². The van der Waals surface area contributed by atoms with Crippen molar-refractivity contribution in [1.29, 1.82) is 0 Å². The Bertz CT molecular complexity index is 890. The topological polar surface area (TPSA) is 66.8 Å². The second-order valence-electron chi connectivity index (χ2n) is 6.68. The highest BCUT2D eigenvalue weighted by molar-refractivity contribution is 6.07. The number of carbonyl (C=O) groups is 1. The van der Waals surface area contributed by atoms with E-state index in [2.05, 4.69) is 13.2 Å². The number of benzene rings is 2. The molecule has 2 N–H and O–H groups in total. The first-order chi connectivity index (χ1) is 13.4. The minimum atomic E-state index is -0.241. The van der Waals surface area contributed by atoms with E-state index in [1.807, 2.05) is 19.9 Å². The SMILES string of the molecule is C=CCc1cc(CC=C)c(OC(C)C)c(/C=C/C(=O)c2ccc(O)cc2)c1O. The first-order valence-corrected chi connectivity index (χ1v) is 9.15. The molecule has 2 aromatic rings. The van der Waals surface area contributed by atoms with Gasteiger partial charge in [0.15, 0.2) is 5.78 Å². The monoisotopic (exact) mass is 378 g/mol. The molecular formula is C24H26O4. The summed E-state index contributed by atoms with van der Waals surface area (Å²) in [5.74, 6) is 0.458. The number of hydrogen-bond donors (Lipinski definition) is 2. The quantitative estimate of drug-likeness (QED) is 0.356. The fourth-order valence-electron chi connectivity index (χ4n) is 2.83. The molecule has 4 nitrogen and oxygen atoms in total. The highest BCUT2D eigenvalue weighted by Crippen LogP contribution is 2.38. The van der Waals surface area contributed by atoms with E-state index in [-0.39, 0.29) is 23.4 Å². The van der Waals surface area contributed by atoms with Gasteiger partial charge in [0.1, 0.15) is 17.2 Å². The van der Waals surface area contributed by atoms with E-state index in [0.29, 0.717) is 35.3 Å². The molecule has 0 aliphatic rings. The molecule has 28 heavy (non-hydrogen) atoms. The van der Waals surface area contributed by atoms with E-state index in [1.54, 1.807) is 30.4 Å². The van der Waals surface area contributed by atoms with Crippen molar-refractivity contribution in [3.05, 3.63) is 84.0 Å². The Kier molecular flexibility index (Phi) is 7.21. The lowest BCUT2D eigenvalue weighted by Crippen LogP contribution is -2.10. The van der Waals surface area contributed by atoms with Gasteiger partial charge >= 0.3 is 0 Å². The summed E-state index contributed by atoms with van der Waals surface area (Å²) in [5.41, 5.74) is 2.49. The van der Waals surface area contributed by atoms with Gasteiger partial charge in [0.2, 0.25) is 0 Å². The molecule has 0 heterocycles. The van der Waals surface area contributed by atoms with Crippen molar-refractivity contribution in [2.45, 2.75) is 32.8 Å². The largest absolute Gasteiger partial charge is 0.508 e. The van der Waals surface area contributed by atoms with Crippen LogP contribution in [0, 0.1) is 0 Å². The fraction of sp³-hybridized carbons (Fsp3) is 0.208. The number of allylic oxidation sites excluding steroid dienone is 3. The summed E-state index contributed by atoms with van der Waals surface area (Å²) in [6.07, 6.45) is 7.40.